The molecule has 2 heteroatoms. The van der Waals surface area contributed by atoms with Crippen molar-refractivity contribution in [2.24, 2.45) is 0 Å². The van der Waals surface area contributed by atoms with E-state index in [4.69, 9.17) is 5.41 Å². The first-order valence-electron chi connectivity index (χ1n) is 3.34. The molecule has 1 N–H and O–H groups in total. The maximum Gasteiger partial charge on any atom is 0.0440 e. The minimum atomic E-state index is 0.301. The molecular formula is C7H16N2. The fraction of sp³-hybridized carbons (Fsp3) is 0.857. The molecule has 0 rings (SSSR count). The van der Waals surface area contributed by atoms with Gasteiger partial charge in [0, 0.05) is 11.8 Å². The Kier molecular flexibility index (Phi) is 3.47. The number of hydrogen-bond donors (Lipinski definition) is 1. The summed E-state index contributed by atoms with van der Waals surface area (Å²) in [5.41, 5.74) is 0.736. The highest BCUT2D eigenvalue weighted by Gasteiger charge is 2.07. The second kappa shape index (κ2) is 3.62. The topological polar surface area (TPSA) is 27.1 Å². The molecule has 0 saturated carbocycles. The summed E-state index contributed by atoms with van der Waals surface area (Å²) < 4.78 is 0. The lowest BCUT2D eigenvalue weighted by Gasteiger charge is -2.21. The minimum absolute atomic E-state index is 0.301. The molecule has 1 unspecified atom stereocenters. The molecule has 0 fully saturated rings. The van der Waals surface area contributed by atoms with Crippen LogP contribution in [0.25, 0.3) is 0 Å². The standard InChI is InChI=1S/C7H16N2/c1-5-9(4)7(3)6(2)8/h7-8H,5H2,1-4H3. The number of nitrogens with zero attached hydrogens (tertiary/aromatic N) is 1. The molecule has 0 aromatic rings. The van der Waals surface area contributed by atoms with Crippen molar-refractivity contribution in [3.05, 3.63) is 0 Å². The van der Waals surface area contributed by atoms with Crippen LogP contribution in [0, 0.1) is 5.41 Å². The molecule has 54 valence electrons. The van der Waals surface area contributed by atoms with Crippen molar-refractivity contribution >= 4 is 5.71 Å². The summed E-state index contributed by atoms with van der Waals surface area (Å²) in [5.74, 6) is 0. The fourth-order valence-corrected chi connectivity index (χ4v) is 0.604. The van der Waals surface area contributed by atoms with Crippen LogP contribution < -0.4 is 0 Å². The first-order chi connectivity index (χ1) is 4.09. The van der Waals surface area contributed by atoms with Crippen LogP contribution in [0.15, 0.2) is 0 Å². The smallest absolute Gasteiger partial charge is 0.0440 e. The molecule has 0 amide bonds. The Labute approximate surface area is 57.4 Å². The average Bonchev–Trinajstić information content (AvgIpc) is 1.84. The number of hydrogen-bond acceptors (Lipinski definition) is 2. The zero-order valence-corrected chi connectivity index (χ0v) is 6.73. The van der Waals surface area contributed by atoms with E-state index < -0.39 is 0 Å². The molecule has 2 nitrogen and oxygen atoms in total. The molecule has 0 saturated heterocycles. The van der Waals surface area contributed by atoms with Gasteiger partial charge in [0.05, 0.1) is 0 Å². The highest BCUT2D eigenvalue weighted by atomic mass is 15.1. The summed E-state index contributed by atoms with van der Waals surface area (Å²) in [7, 11) is 2.03. The Balaban J connectivity index is 3.72. The van der Waals surface area contributed by atoms with Crippen molar-refractivity contribution in [1.82, 2.24) is 4.90 Å². The lowest BCUT2D eigenvalue weighted by atomic mass is 10.2. The van der Waals surface area contributed by atoms with Gasteiger partial charge in [0.15, 0.2) is 0 Å². The van der Waals surface area contributed by atoms with Gasteiger partial charge < -0.3 is 5.41 Å². The van der Waals surface area contributed by atoms with Crippen LogP contribution in [-0.4, -0.2) is 30.2 Å². The van der Waals surface area contributed by atoms with Gasteiger partial charge in [-0.15, -0.1) is 0 Å². The van der Waals surface area contributed by atoms with Crippen LogP contribution in [0.2, 0.25) is 0 Å². The second-order valence-corrected chi connectivity index (χ2v) is 2.43. The van der Waals surface area contributed by atoms with Gasteiger partial charge in [-0.3, -0.25) is 4.90 Å². The van der Waals surface area contributed by atoms with E-state index in [1.165, 1.54) is 0 Å². The predicted octanol–water partition coefficient (Wildman–Crippen LogP) is 1.37. The Bertz CT molecular complexity index is 99.1. The Hall–Kier alpha value is -0.370. The van der Waals surface area contributed by atoms with Gasteiger partial charge in [-0.05, 0) is 27.4 Å². The van der Waals surface area contributed by atoms with Gasteiger partial charge in [0.1, 0.15) is 0 Å². The Morgan fingerprint density at radius 3 is 2.22 bits per heavy atom. The van der Waals surface area contributed by atoms with Crippen LogP contribution in [0.5, 0.6) is 0 Å². The molecule has 9 heavy (non-hydrogen) atoms. The summed E-state index contributed by atoms with van der Waals surface area (Å²) in [6, 6.07) is 0.301. The van der Waals surface area contributed by atoms with Crippen LogP contribution >= 0.6 is 0 Å². The molecule has 0 aromatic carbocycles. The van der Waals surface area contributed by atoms with E-state index in [0.717, 1.165) is 12.3 Å². The molecule has 0 radical (unpaired) electrons. The van der Waals surface area contributed by atoms with Crippen molar-refractivity contribution in [2.45, 2.75) is 26.8 Å². The van der Waals surface area contributed by atoms with Crippen LogP contribution in [-0.2, 0) is 0 Å². The van der Waals surface area contributed by atoms with Crippen LogP contribution in [0.1, 0.15) is 20.8 Å². The summed E-state index contributed by atoms with van der Waals surface area (Å²) in [5, 5.41) is 7.29. The summed E-state index contributed by atoms with van der Waals surface area (Å²) in [6.07, 6.45) is 0. The molecule has 1 atom stereocenters. The molecule has 0 bridgehead atoms. The van der Waals surface area contributed by atoms with Crippen molar-refractivity contribution in [2.75, 3.05) is 13.6 Å². The van der Waals surface area contributed by atoms with Crippen molar-refractivity contribution in [3.8, 4) is 0 Å². The van der Waals surface area contributed by atoms with Crippen molar-refractivity contribution in [3.63, 3.8) is 0 Å². The highest BCUT2D eigenvalue weighted by Crippen LogP contribution is 1.94. The molecule has 0 aromatic heterocycles. The van der Waals surface area contributed by atoms with E-state index in [0.29, 0.717) is 6.04 Å². The summed E-state index contributed by atoms with van der Waals surface area (Å²) >= 11 is 0. The van der Waals surface area contributed by atoms with Gasteiger partial charge in [0.25, 0.3) is 0 Å². The molecule has 0 aliphatic rings. The Morgan fingerprint density at radius 2 is 2.11 bits per heavy atom. The van der Waals surface area contributed by atoms with Crippen molar-refractivity contribution in [1.29, 1.82) is 5.41 Å². The van der Waals surface area contributed by atoms with Gasteiger partial charge in [-0.1, -0.05) is 6.92 Å². The quantitative estimate of drug-likeness (QED) is 0.571. The first kappa shape index (κ1) is 8.63. The van der Waals surface area contributed by atoms with Gasteiger partial charge in [0.2, 0.25) is 0 Å². The van der Waals surface area contributed by atoms with E-state index in [1.54, 1.807) is 0 Å². The molecule has 0 spiro atoms. The van der Waals surface area contributed by atoms with E-state index in [9.17, 15) is 0 Å². The molecule has 0 aliphatic heterocycles. The largest absolute Gasteiger partial charge is 0.308 e. The second-order valence-electron chi connectivity index (χ2n) is 2.43. The third-order valence-electron chi connectivity index (χ3n) is 1.79. The molecule has 0 heterocycles. The summed E-state index contributed by atoms with van der Waals surface area (Å²) in [4.78, 5) is 2.14. The van der Waals surface area contributed by atoms with Crippen LogP contribution in [0.3, 0.4) is 0 Å². The number of nitrogens with one attached hydrogen (secondary N) is 1. The van der Waals surface area contributed by atoms with E-state index in [-0.39, 0.29) is 0 Å². The predicted molar refractivity (Wildman–Crippen MR) is 41.2 cm³/mol. The monoisotopic (exact) mass is 128 g/mol. The third kappa shape index (κ3) is 2.61. The summed E-state index contributed by atoms with van der Waals surface area (Å²) in [6.45, 7) is 7.00. The van der Waals surface area contributed by atoms with E-state index in [2.05, 4.69) is 11.8 Å². The van der Waals surface area contributed by atoms with Gasteiger partial charge in [-0.2, -0.15) is 0 Å². The zero-order valence-electron chi connectivity index (χ0n) is 6.73. The SMILES string of the molecule is CCN(C)C(C)C(C)=N. The molecule has 0 aliphatic carbocycles. The first-order valence-corrected chi connectivity index (χ1v) is 3.34. The highest BCUT2D eigenvalue weighted by molar-refractivity contribution is 5.83. The maximum atomic E-state index is 7.29. The van der Waals surface area contributed by atoms with E-state index in [1.807, 2.05) is 20.9 Å². The lowest BCUT2D eigenvalue weighted by molar-refractivity contribution is 0.327. The van der Waals surface area contributed by atoms with E-state index >= 15 is 0 Å². The zero-order chi connectivity index (χ0) is 7.44. The normalized spacial score (nSPS) is 13.9. The number of rotatable bonds is 3. The van der Waals surface area contributed by atoms with Crippen molar-refractivity contribution < 1.29 is 0 Å². The van der Waals surface area contributed by atoms with Crippen LogP contribution in [0.4, 0.5) is 0 Å². The average molecular weight is 128 g/mol. The lowest BCUT2D eigenvalue weighted by Crippen LogP contribution is -2.33. The van der Waals surface area contributed by atoms with Gasteiger partial charge in [-0.25, -0.2) is 0 Å². The minimum Gasteiger partial charge on any atom is -0.308 e. The molecular weight excluding hydrogens is 112 g/mol. The Morgan fingerprint density at radius 1 is 1.67 bits per heavy atom. The third-order valence-corrected chi connectivity index (χ3v) is 1.79. The maximum absolute atomic E-state index is 7.29. The fourth-order valence-electron chi connectivity index (χ4n) is 0.604. The van der Waals surface area contributed by atoms with Gasteiger partial charge >= 0.3 is 0 Å².